The molecule has 21 N–H and O–H groups in total. The fraction of sp³-hybridized carbons (Fsp3) is 0.603. The van der Waals surface area contributed by atoms with E-state index in [1.165, 1.54) is 19.4 Å². The number of fused-ring (bicyclic) bond motifs is 1. The van der Waals surface area contributed by atoms with Gasteiger partial charge in [-0.15, -0.1) is 0 Å². The number of aliphatic imine (C=N–C) groups is 1. The van der Waals surface area contributed by atoms with Gasteiger partial charge in [0, 0.05) is 87.8 Å². The molecule has 0 aliphatic rings. The molecule has 2 heterocycles. The normalized spacial score (nSPS) is 14.2. The lowest BCUT2D eigenvalue weighted by atomic mass is 9.95. The van der Waals surface area contributed by atoms with Gasteiger partial charge in [-0.05, 0) is 109 Å². The molecule has 0 saturated heterocycles. The van der Waals surface area contributed by atoms with Gasteiger partial charge in [-0.3, -0.25) is 67.3 Å². The molecule has 113 heavy (non-hydrogen) atoms. The average molecular weight is 1600 g/mol. The number of nitrogens with one attached hydrogen (secondary N) is 12. The summed E-state index contributed by atoms with van der Waals surface area (Å²) in [6, 6.07) is 4.57. The Hall–Kier alpha value is -10.3. The van der Waals surface area contributed by atoms with Gasteiger partial charge in [-0.25, -0.2) is 4.98 Å². The molecule has 35 heteroatoms. The van der Waals surface area contributed by atoms with E-state index in [-0.39, 0.29) is 102 Å². The number of unbranched alkanes of at least 4 members (excludes halogenated alkanes) is 2. The number of aliphatic hydroxyl groups excluding tert-OH is 1. The highest BCUT2D eigenvalue weighted by Crippen LogP contribution is 2.51. The lowest BCUT2D eigenvalue weighted by molar-refractivity contribution is -0.135. The molecular weight excluding hydrogens is 1470 g/mol. The molecule has 0 aliphatic carbocycles. The van der Waals surface area contributed by atoms with Crippen molar-refractivity contribution in [2.24, 2.45) is 52.7 Å². The van der Waals surface area contributed by atoms with E-state index in [2.05, 4.69) is 73.4 Å². The number of aromatic amines is 1. The van der Waals surface area contributed by atoms with E-state index >= 15 is 4.11 Å². The van der Waals surface area contributed by atoms with E-state index in [1.807, 2.05) is 55.4 Å². The Bertz CT molecular complexity index is 3890. The molecule has 1 unspecified atom stereocenters. The summed E-state index contributed by atoms with van der Waals surface area (Å²) in [6.45, 7) is 23.2. The number of benzene rings is 2. The number of halogens is 1. The molecule has 626 valence electrons. The van der Waals surface area contributed by atoms with Crippen molar-refractivity contribution >= 4 is 107 Å². The summed E-state index contributed by atoms with van der Waals surface area (Å²) in [5.74, 6) is -10.1. The van der Waals surface area contributed by atoms with Crippen LogP contribution in [0.2, 0.25) is 10.1 Å². The molecule has 0 bridgehead atoms. The quantitative estimate of drug-likeness (QED) is 0.00970. The van der Waals surface area contributed by atoms with Crippen LogP contribution in [0.25, 0.3) is 10.9 Å². The smallest absolute Gasteiger partial charge is 0.288 e. The SMILES string of the molecule is CC(C)C[C@H](NC(=O)C[C@H](O)C(NC(=O)[C@H](Cc1cncn1C)NC(=O)CNC(=O)[C@@H](NC(=O)[C@H](C)NC(=O)[C@H](Cc1c[nH]c2ccccc12)NC(=O)[C@H](CCC(N)=O)NC(=O)CCCCNC(=O)[C@H](CCCN=C(N)N)NC(=O)CCCCNC(=O)Cc1ccc([Si]([19F])(C(C)(C)C)C(C)(C)C)cc1)C(C)C)C(C)C)C(N)=O. The number of amides is 13. The zero-order chi connectivity index (χ0) is 84.7. The summed E-state index contributed by atoms with van der Waals surface area (Å²) in [5.41, 5.74) is 24.6. The topological polar surface area (TPSA) is 525 Å². The standard InChI is InChI=1S/C78H124FN19O14Si/c1-45(2)36-57(69(81)106)93-65(104)40-60(99)67(46(3)4)96-74(111)59(39-51-42-84-44-98(51)14)94-66(105)43-89-75(112)68(47(5)6)97-70(107)48(7)90-73(110)58(38-50-41-88-54-23-16-15-22-53(50)54)95-72(109)56(31-32-61(80)100)92-63(102)26-18-20-34-86-71(108)55(24-21-35-87-76(82)83)91-62(101)25-17-19-33-85-64(103)37-49-27-29-52(30-28-49)113(79,77(8,9)10)78(11,12)13/h15-16,22-23,27-30,41-42,44-48,55-60,67-68,88,99H,17-21,24-26,31-40,43H2,1-14H3,(H2,80,100)(H2,81,106)(H,85,103)(H,86,108)(H,89,112)(H,90,110)(H,91,101)(H,92,102)(H,93,104)(H,94,105)(H,95,109)(H,96,111)(H,97,107)(H4,82,83,87)/t48-,55-,56-,57-,58-,59-,60-,67?,68-/m0/s1/i79+0. The predicted molar refractivity (Wildman–Crippen MR) is 430 cm³/mol. The second-order valence-corrected chi connectivity index (χ2v) is 37.0. The monoisotopic (exact) mass is 1600 g/mol. The second-order valence-electron chi connectivity index (χ2n) is 32.1. The van der Waals surface area contributed by atoms with Crippen molar-refractivity contribution in [1.82, 2.24) is 73.0 Å². The highest BCUT2D eigenvalue weighted by atomic mass is 28.4. The van der Waals surface area contributed by atoms with Gasteiger partial charge < -0.3 is 100 Å². The van der Waals surface area contributed by atoms with Crippen LogP contribution >= 0.6 is 0 Å². The maximum absolute atomic E-state index is 16.8. The molecule has 4 rings (SSSR count). The van der Waals surface area contributed by atoms with Crippen LogP contribution in [0.5, 0.6) is 0 Å². The number of carbonyl (C=O) groups is 13. The number of hydrogen-bond donors (Lipinski definition) is 17. The van der Waals surface area contributed by atoms with E-state index < -0.39 is 169 Å². The number of para-hydroxylation sites is 1. The minimum absolute atomic E-state index is 0.0140. The van der Waals surface area contributed by atoms with Crippen LogP contribution in [0.15, 0.2) is 72.2 Å². The van der Waals surface area contributed by atoms with E-state index in [1.54, 1.807) is 94.0 Å². The predicted octanol–water partition coefficient (Wildman–Crippen LogP) is 1.15. The van der Waals surface area contributed by atoms with Gasteiger partial charge in [-0.2, -0.15) is 0 Å². The van der Waals surface area contributed by atoms with Gasteiger partial charge in [0.05, 0.1) is 37.9 Å². The number of carbonyl (C=O) groups excluding carboxylic acids is 13. The number of aliphatic hydroxyl groups is 1. The zero-order valence-electron chi connectivity index (χ0n) is 68.0. The summed E-state index contributed by atoms with van der Waals surface area (Å²) in [6.07, 6.45) is 3.93. The summed E-state index contributed by atoms with van der Waals surface area (Å²) in [4.78, 5) is 186. The number of imidazole rings is 1. The summed E-state index contributed by atoms with van der Waals surface area (Å²) < 4.78 is 18.4. The Morgan fingerprint density at radius 1 is 0.575 bits per heavy atom. The van der Waals surface area contributed by atoms with Crippen LogP contribution in [0.4, 0.5) is 4.11 Å². The van der Waals surface area contributed by atoms with Crippen LogP contribution < -0.4 is 86.6 Å². The molecule has 0 saturated carbocycles. The molecule has 2 aromatic heterocycles. The van der Waals surface area contributed by atoms with Crippen molar-refractivity contribution in [2.75, 3.05) is 26.2 Å². The average Bonchev–Trinajstić information content (AvgIpc) is 1.16. The largest absolute Gasteiger partial charge is 0.390 e. The van der Waals surface area contributed by atoms with Crippen molar-refractivity contribution in [3.05, 3.63) is 84.1 Å². The molecule has 0 aliphatic heterocycles. The lowest BCUT2D eigenvalue weighted by Crippen LogP contribution is -2.59. The first-order valence-electron chi connectivity index (χ1n) is 38.7. The van der Waals surface area contributed by atoms with Gasteiger partial charge in [0.15, 0.2) is 5.96 Å². The molecule has 0 spiro atoms. The molecule has 2 aromatic carbocycles. The summed E-state index contributed by atoms with van der Waals surface area (Å²) >= 11 is 0. The van der Waals surface area contributed by atoms with Crippen LogP contribution in [-0.2, 0) is 88.6 Å². The zero-order valence-corrected chi connectivity index (χ0v) is 69.0. The number of H-pyrrole nitrogens is 1. The first-order valence-corrected chi connectivity index (χ1v) is 40.6. The van der Waals surface area contributed by atoms with Gasteiger partial charge >= 0.3 is 0 Å². The van der Waals surface area contributed by atoms with Crippen molar-refractivity contribution in [3.63, 3.8) is 0 Å². The van der Waals surface area contributed by atoms with E-state index in [0.29, 0.717) is 53.2 Å². The maximum atomic E-state index is 16.8. The molecule has 9 atom stereocenters. The Morgan fingerprint density at radius 3 is 1.70 bits per heavy atom. The summed E-state index contributed by atoms with van der Waals surface area (Å²) in [5, 5.41) is 41.0. The number of hydrogen-bond acceptors (Lipinski definition) is 16. The number of nitrogens with zero attached hydrogens (tertiary/aromatic N) is 3. The number of rotatable bonds is 48. The summed E-state index contributed by atoms with van der Waals surface area (Å²) in [7, 11) is -1.79. The molecule has 0 fully saturated rings. The van der Waals surface area contributed by atoms with E-state index in [4.69, 9.17) is 22.9 Å². The number of nitrogens with two attached hydrogens (primary N) is 4. The minimum Gasteiger partial charge on any atom is -0.390 e. The highest BCUT2D eigenvalue weighted by molar-refractivity contribution is 6.90. The van der Waals surface area contributed by atoms with Crippen LogP contribution in [0.3, 0.4) is 0 Å². The van der Waals surface area contributed by atoms with Crippen molar-refractivity contribution < 1.29 is 71.5 Å². The fourth-order valence-electron chi connectivity index (χ4n) is 13.3. The number of aryl methyl sites for hydroxylation is 1. The third-order valence-corrected chi connectivity index (χ3v) is 24.6. The lowest BCUT2D eigenvalue weighted by Gasteiger charge is -2.44. The van der Waals surface area contributed by atoms with Crippen LogP contribution in [-0.4, -0.2) is 191 Å². The van der Waals surface area contributed by atoms with Crippen molar-refractivity contribution in [2.45, 2.75) is 251 Å². The van der Waals surface area contributed by atoms with Gasteiger partial charge in [0.25, 0.3) is 8.41 Å². The first-order chi connectivity index (χ1) is 52.9. The first kappa shape index (κ1) is 95.1. The Morgan fingerprint density at radius 2 is 1.14 bits per heavy atom. The van der Waals surface area contributed by atoms with Crippen molar-refractivity contribution in [1.29, 1.82) is 0 Å². The highest BCUT2D eigenvalue weighted by Gasteiger charge is 2.56. The molecule has 4 aromatic rings. The van der Waals surface area contributed by atoms with Gasteiger partial charge in [0.2, 0.25) is 76.8 Å². The Labute approximate surface area is 662 Å². The molecule has 0 radical (unpaired) electrons. The number of primary amides is 2. The van der Waals surface area contributed by atoms with Crippen LogP contribution in [0, 0.1) is 17.8 Å². The Kier molecular flexibility index (Phi) is 38.2. The van der Waals surface area contributed by atoms with Gasteiger partial charge in [0.1, 0.15) is 42.3 Å². The van der Waals surface area contributed by atoms with E-state index in [9.17, 15) is 67.4 Å². The maximum Gasteiger partial charge on any atom is 0.288 e. The third kappa shape index (κ3) is 31.6. The molecule has 33 nitrogen and oxygen atoms in total. The Balaban J connectivity index is 1.36. The van der Waals surface area contributed by atoms with Crippen molar-refractivity contribution in [3.8, 4) is 0 Å². The number of guanidine groups is 1. The third-order valence-electron chi connectivity index (χ3n) is 19.4. The number of aromatic nitrogens is 3. The second kappa shape index (κ2) is 45.4. The minimum atomic E-state index is -3.47. The van der Waals surface area contributed by atoms with Gasteiger partial charge in [-0.1, -0.05) is 126 Å². The molecular formula is C78H124FN19O14Si. The van der Waals surface area contributed by atoms with Crippen LogP contribution in [0.1, 0.15) is 184 Å². The fourth-order valence-corrected chi connectivity index (χ4v) is 17.9. The van der Waals surface area contributed by atoms with E-state index in [0.717, 1.165) is 5.56 Å². The molecule has 13 amide bonds.